The van der Waals surface area contributed by atoms with E-state index in [-0.39, 0.29) is 17.9 Å². The summed E-state index contributed by atoms with van der Waals surface area (Å²) in [5, 5.41) is 0. The average Bonchev–Trinajstić information content (AvgIpc) is 2.66. The third-order valence-electron chi connectivity index (χ3n) is 5.43. The van der Waals surface area contributed by atoms with Gasteiger partial charge in [0, 0.05) is 32.2 Å². The molecule has 0 radical (unpaired) electrons. The number of piperazine rings is 1. The molecule has 0 spiro atoms. The van der Waals surface area contributed by atoms with Crippen molar-refractivity contribution in [2.45, 2.75) is 51.0 Å². The Bertz CT molecular complexity index is 708. The zero-order chi connectivity index (χ0) is 19.5. The van der Waals surface area contributed by atoms with Crippen molar-refractivity contribution < 1.29 is 13.2 Å². The number of rotatable bonds is 6. The van der Waals surface area contributed by atoms with Gasteiger partial charge in [-0.15, -0.1) is 0 Å². The molecule has 1 fully saturated rings. The predicted octanol–water partition coefficient (Wildman–Crippen LogP) is 2.02. The Balaban J connectivity index is 2.04. The molecule has 1 amide bonds. The number of sulfonamides is 1. The number of nitrogens with zero attached hydrogens (tertiary/aromatic N) is 2. The van der Waals surface area contributed by atoms with Gasteiger partial charge in [0.05, 0.1) is 10.8 Å². The topological polar surface area (TPSA) is 83.7 Å². The summed E-state index contributed by atoms with van der Waals surface area (Å²) in [4.78, 5) is 14.4. The van der Waals surface area contributed by atoms with Gasteiger partial charge in [-0.25, -0.2) is 8.42 Å². The number of carbonyl (C=O) groups excluding carboxylic acids is 1. The second kappa shape index (κ2) is 8.50. The molecule has 0 aromatic heterocycles. The maximum absolute atomic E-state index is 12.9. The third-order valence-corrected chi connectivity index (χ3v) is 7.34. The van der Waals surface area contributed by atoms with Gasteiger partial charge in [-0.3, -0.25) is 4.79 Å². The molecule has 26 heavy (non-hydrogen) atoms. The molecule has 0 bridgehead atoms. The molecule has 0 saturated carbocycles. The minimum atomic E-state index is -3.53. The zero-order valence-corrected chi connectivity index (χ0v) is 17.0. The lowest BCUT2D eigenvalue weighted by molar-refractivity contribution is -0.136. The third kappa shape index (κ3) is 4.45. The molecule has 3 unspecified atom stereocenters. The van der Waals surface area contributed by atoms with Crippen molar-refractivity contribution in [1.29, 1.82) is 0 Å². The zero-order valence-electron chi connectivity index (χ0n) is 16.2. The summed E-state index contributed by atoms with van der Waals surface area (Å²) in [6, 6.07) is 6.95. The molecule has 1 heterocycles. The lowest BCUT2D eigenvalue weighted by atomic mass is 9.99. The van der Waals surface area contributed by atoms with Crippen molar-refractivity contribution >= 4 is 15.9 Å². The van der Waals surface area contributed by atoms with E-state index in [0.717, 1.165) is 12.0 Å². The molecule has 1 saturated heterocycles. The van der Waals surface area contributed by atoms with Crippen molar-refractivity contribution in [3.05, 3.63) is 29.8 Å². The lowest BCUT2D eigenvalue weighted by Gasteiger charge is -2.35. The summed E-state index contributed by atoms with van der Waals surface area (Å²) >= 11 is 0. The smallest absolute Gasteiger partial charge is 0.243 e. The van der Waals surface area contributed by atoms with Crippen molar-refractivity contribution in [3.63, 3.8) is 0 Å². The molecule has 2 N–H and O–H groups in total. The number of benzene rings is 1. The molecule has 6 nitrogen and oxygen atoms in total. The van der Waals surface area contributed by atoms with E-state index < -0.39 is 10.0 Å². The second-order valence-electron chi connectivity index (χ2n) is 7.26. The molecule has 3 atom stereocenters. The van der Waals surface area contributed by atoms with Crippen LogP contribution in [-0.4, -0.2) is 55.8 Å². The highest BCUT2D eigenvalue weighted by atomic mass is 32.2. The fraction of sp³-hybridized carbons (Fsp3) is 0.632. The molecular formula is C19H31N3O3S. The molecule has 146 valence electrons. The van der Waals surface area contributed by atoms with Gasteiger partial charge in [0.15, 0.2) is 0 Å². The van der Waals surface area contributed by atoms with Crippen LogP contribution in [0.2, 0.25) is 0 Å². The van der Waals surface area contributed by atoms with Crippen molar-refractivity contribution in [2.75, 3.05) is 26.2 Å². The molecule has 1 aromatic carbocycles. The highest BCUT2D eigenvalue weighted by Crippen LogP contribution is 2.23. The number of hydrogen-bond acceptors (Lipinski definition) is 4. The van der Waals surface area contributed by atoms with Gasteiger partial charge in [0.25, 0.3) is 0 Å². The summed E-state index contributed by atoms with van der Waals surface area (Å²) in [5.41, 5.74) is 6.95. The maximum Gasteiger partial charge on any atom is 0.243 e. The van der Waals surface area contributed by atoms with Crippen LogP contribution in [0, 0.1) is 5.92 Å². The van der Waals surface area contributed by atoms with Crippen LogP contribution in [0.25, 0.3) is 0 Å². The Morgan fingerprint density at radius 1 is 1.08 bits per heavy atom. The van der Waals surface area contributed by atoms with Crippen molar-refractivity contribution in [2.24, 2.45) is 11.7 Å². The van der Waals surface area contributed by atoms with Gasteiger partial charge in [-0.1, -0.05) is 32.9 Å². The first-order valence-corrected chi connectivity index (χ1v) is 10.8. The summed E-state index contributed by atoms with van der Waals surface area (Å²) in [5.74, 6) is 0.148. The molecule has 7 heteroatoms. The number of amides is 1. The molecular weight excluding hydrogens is 350 g/mol. The number of hydrogen-bond donors (Lipinski definition) is 1. The van der Waals surface area contributed by atoms with E-state index in [2.05, 4.69) is 13.8 Å². The van der Waals surface area contributed by atoms with E-state index in [0.29, 0.717) is 37.0 Å². The predicted molar refractivity (Wildman–Crippen MR) is 103 cm³/mol. The van der Waals surface area contributed by atoms with Gasteiger partial charge < -0.3 is 10.6 Å². The lowest BCUT2D eigenvalue weighted by Crippen LogP contribution is -2.53. The summed E-state index contributed by atoms with van der Waals surface area (Å²) in [7, 11) is -3.53. The number of nitrogens with two attached hydrogens (primary N) is 1. The minimum absolute atomic E-state index is 0.00467. The van der Waals surface area contributed by atoms with Crippen LogP contribution in [-0.2, 0) is 14.8 Å². The van der Waals surface area contributed by atoms with Gasteiger partial charge in [0.2, 0.25) is 15.9 Å². The first-order chi connectivity index (χ1) is 12.2. The first-order valence-electron chi connectivity index (χ1n) is 9.33. The van der Waals surface area contributed by atoms with Crippen LogP contribution in [0.3, 0.4) is 0 Å². The van der Waals surface area contributed by atoms with Gasteiger partial charge in [-0.05, 0) is 37.0 Å². The van der Waals surface area contributed by atoms with Gasteiger partial charge >= 0.3 is 0 Å². The van der Waals surface area contributed by atoms with E-state index in [9.17, 15) is 13.2 Å². The second-order valence-corrected chi connectivity index (χ2v) is 9.19. The quantitative estimate of drug-likeness (QED) is 0.817. The van der Waals surface area contributed by atoms with Crippen LogP contribution in [0.5, 0.6) is 0 Å². The minimum Gasteiger partial charge on any atom is -0.340 e. The molecule has 1 aliphatic rings. The maximum atomic E-state index is 12.9. The number of carbonyl (C=O) groups is 1. The Morgan fingerprint density at radius 2 is 1.62 bits per heavy atom. The monoisotopic (exact) mass is 381 g/mol. The van der Waals surface area contributed by atoms with Gasteiger partial charge in [0.1, 0.15) is 0 Å². The van der Waals surface area contributed by atoms with E-state index in [1.165, 1.54) is 4.31 Å². The molecule has 0 aliphatic carbocycles. The molecule has 1 aliphatic heterocycles. The van der Waals surface area contributed by atoms with Crippen LogP contribution >= 0.6 is 0 Å². The van der Waals surface area contributed by atoms with Crippen LogP contribution in [0.15, 0.2) is 29.2 Å². The SMILES string of the molecule is CCC(C)c1ccc(S(=O)(=O)N2CCN(C(=O)C(C)C(C)N)CC2)cc1. The fourth-order valence-electron chi connectivity index (χ4n) is 3.01. The molecule has 1 aromatic rings. The van der Waals surface area contributed by atoms with Crippen LogP contribution in [0.1, 0.15) is 45.6 Å². The fourth-order valence-corrected chi connectivity index (χ4v) is 4.44. The van der Waals surface area contributed by atoms with E-state index in [1.54, 1.807) is 17.0 Å². The Labute approximate surface area is 157 Å². The van der Waals surface area contributed by atoms with Crippen molar-refractivity contribution in [3.8, 4) is 0 Å². The van der Waals surface area contributed by atoms with Crippen LogP contribution in [0.4, 0.5) is 0 Å². The standard InChI is InChI=1S/C19H31N3O3S/c1-5-14(2)17-6-8-18(9-7-17)26(24,25)22-12-10-21(11-13-22)19(23)15(3)16(4)20/h6-9,14-16H,5,10-13,20H2,1-4H3. The largest absolute Gasteiger partial charge is 0.340 e. The Morgan fingerprint density at radius 3 is 2.08 bits per heavy atom. The average molecular weight is 382 g/mol. The summed E-state index contributed by atoms with van der Waals surface area (Å²) < 4.78 is 27.2. The summed E-state index contributed by atoms with van der Waals surface area (Å²) in [6.45, 7) is 9.30. The van der Waals surface area contributed by atoms with Gasteiger partial charge in [-0.2, -0.15) is 4.31 Å². The summed E-state index contributed by atoms with van der Waals surface area (Å²) in [6.07, 6.45) is 1.02. The van der Waals surface area contributed by atoms with Crippen molar-refractivity contribution in [1.82, 2.24) is 9.21 Å². The van der Waals surface area contributed by atoms with E-state index in [4.69, 9.17) is 5.73 Å². The highest BCUT2D eigenvalue weighted by molar-refractivity contribution is 7.89. The van der Waals surface area contributed by atoms with E-state index in [1.807, 2.05) is 26.0 Å². The normalized spacial score (nSPS) is 19.8. The highest BCUT2D eigenvalue weighted by Gasteiger charge is 2.32. The first kappa shape index (κ1) is 20.9. The van der Waals surface area contributed by atoms with Crippen LogP contribution < -0.4 is 5.73 Å². The molecule has 2 rings (SSSR count). The van der Waals surface area contributed by atoms with E-state index >= 15 is 0 Å². The Hall–Kier alpha value is -1.44. The Kier molecular flexibility index (Phi) is 6.82.